The highest BCUT2D eigenvalue weighted by Crippen LogP contribution is 2.24. The summed E-state index contributed by atoms with van der Waals surface area (Å²) in [5.41, 5.74) is 2.94. The maximum Gasteiger partial charge on any atom is 0.321 e. The quantitative estimate of drug-likeness (QED) is 0.615. The lowest BCUT2D eigenvalue weighted by Gasteiger charge is -2.36. The number of nitrogens with one attached hydrogen (secondary N) is 1. The van der Waals surface area contributed by atoms with Crippen LogP contribution in [-0.2, 0) is 10.0 Å². The first-order valence-electron chi connectivity index (χ1n) is 10.7. The Balaban J connectivity index is 1.33. The molecule has 0 radical (unpaired) electrons. The standard InChI is InChI=1S/C25H27N3O3S/c1-27(23-16-18-28(19-17-23)32(30,31)24-10-6-3-7-11-24)25(29)26-22-14-12-21(13-15-22)20-8-4-2-5-9-20/h2-15,23H,16-19H2,1H3,(H,26,29). The summed E-state index contributed by atoms with van der Waals surface area (Å²) in [5, 5.41) is 2.94. The topological polar surface area (TPSA) is 69.7 Å². The maximum atomic E-state index is 12.8. The Hall–Kier alpha value is -3.16. The molecule has 3 aromatic carbocycles. The zero-order chi connectivity index (χ0) is 22.6. The lowest BCUT2D eigenvalue weighted by Crippen LogP contribution is -2.48. The number of sulfonamides is 1. The van der Waals surface area contributed by atoms with E-state index in [1.807, 2.05) is 54.6 Å². The van der Waals surface area contributed by atoms with Crippen molar-refractivity contribution in [2.24, 2.45) is 0 Å². The van der Waals surface area contributed by atoms with Crippen LogP contribution in [0, 0.1) is 0 Å². The van der Waals surface area contributed by atoms with E-state index in [4.69, 9.17) is 0 Å². The molecule has 7 heteroatoms. The fourth-order valence-electron chi connectivity index (χ4n) is 3.97. The summed E-state index contributed by atoms with van der Waals surface area (Å²) in [7, 11) is -1.73. The molecule has 3 aromatic rings. The number of urea groups is 1. The Bertz CT molecular complexity index is 1140. The molecule has 1 fully saturated rings. The molecule has 32 heavy (non-hydrogen) atoms. The van der Waals surface area contributed by atoms with Crippen LogP contribution in [0.5, 0.6) is 0 Å². The van der Waals surface area contributed by atoms with Gasteiger partial charge in [0.15, 0.2) is 0 Å². The van der Waals surface area contributed by atoms with Crippen LogP contribution < -0.4 is 5.32 Å². The van der Waals surface area contributed by atoms with E-state index >= 15 is 0 Å². The fraction of sp³-hybridized carbons (Fsp3) is 0.240. The fourth-order valence-corrected chi connectivity index (χ4v) is 5.46. The molecule has 0 bridgehead atoms. The third kappa shape index (κ3) is 4.84. The Kier molecular flexibility index (Phi) is 6.58. The van der Waals surface area contributed by atoms with Crippen molar-refractivity contribution in [2.75, 3.05) is 25.5 Å². The minimum absolute atomic E-state index is 0.0131. The van der Waals surface area contributed by atoms with Gasteiger partial charge in [-0.05, 0) is 48.2 Å². The molecule has 1 saturated heterocycles. The average Bonchev–Trinajstić information content (AvgIpc) is 2.85. The molecule has 0 aromatic heterocycles. The van der Waals surface area contributed by atoms with Crippen LogP contribution in [-0.4, -0.2) is 49.8 Å². The molecule has 0 spiro atoms. The Morgan fingerprint density at radius 2 is 1.38 bits per heavy atom. The lowest BCUT2D eigenvalue weighted by molar-refractivity contribution is 0.174. The van der Waals surface area contributed by atoms with Gasteiger partial charge >= 0.3 is 6.03 Å². The van der Waals surface area contributed by atoms with Gasteiger partial charge in [-0.15, -0.1) is 0 Å². The van der Waals surface area contributed by atoms with Gasteiger partial charge in [-0.2, -0.15) is 4.31 Å². The monoisotopic (exact) mass is 449 g/mol. The first kappa shape index (κ1) is 22.0. The lowest BCUT2D eigenvalue weighted by atomic mass is 10.1. The van der Waals surface area contributed by atoms with Gasteiger partial charge in [0.25, 0.3) is 0 Å². The van der Waals surface area contributed by atoms with Gasteiger partial charge in [0.1, 0.15) is 0 Å². The molecule has 4 rings (SSSR count). The predicted octanol–water partition coefficient (Wildman–Crippen LogP) is 4.67. The Morgan fingerprint density at radius 3 is 1.97 bits per heavy atom. The van der Waals surface area contributed by atoms with Crippen LogP contribution in [0.3, 0.4) is 0 Å². The molecule has 1 aliphatic heterocycles. The van der Waals surface area contributed by atoms with E-state index in [2.05, 4.69) is 5.32 Å². The van der Waals surface area contributed by atoms with E-state index in [0.29, 0.717) is 30.8 Å². The maximum absolute atomic E-state index is 12.8. The van der Waals surface area contributed by atoms with Gasteiger partial charge in [-0.25, -0.2) is 13.2 Å². The summed E-state index contributed by atoms with van der Waals surface area (Å²) < 4.78 is 27.1. The van der Waals surface area contributed by atoms with Crippen molar-refractivity contribution >= 4 is 21.7 Å². The van der Waals surface area contributed by atoms with Gasteiger partial charge in [-0.1, -0.05) is 60.7 Å². The number of piperidine rings is 1. The average molecular weight is 450 g/mol. The van der Waals surface area contributed by atoms with Crippen molar-refractivity contribution < 1.29 is 13.2 Å². The summed E-state index contributed by atoms with van der Waals surface area (Å²) in [4.78, 5) is 14.7. The van der Waals surface area contributed by atoms with E-state index < -0.39 is 10.0 Å². The highest BCUT2D eigenvalue weighted by Gasteiger charge is 2.32. The highest BCUT2D eigenvalue weighted by atomic mass is 32.2. The minimum Gasteiger partial charge on any atom is -0.325 e. The molecule has 2 amide bonds. The second-order valence-electron chi connectivity index (χ2n) is 7.93. The van der Waals surface area contributed by atoms with Crippen molar-refractivity contribution in [1.29, 1.82) is 0 Å². The number of carbonyl (C=O) groups excluding carboxylic acids is 1. The van der Waals surface area contributed by atoms with E-state index in [9.17, 15) is 13.2 Å². The third-order valence-corrected chi connectivity index (χ3v) is 7.83. The van der Waals surface area contributed by atoms with Crippen molar-refractivity contribution in [3.05, 3.63) is 84.9 Å². The molecule has 0 unspecified atom stereocenters. The number of hydrogen-bond acceptors (Lipinski definition) is 3. The first-order chi connectivity index (χ1) is 15.4. The summed E-state index contributed by atoms with van der Waals surface area (Å²) in [6.45, 7) is 0.788. The molecule has 1 aliphatic rings. The molecule has 0 saturated carbocycles. The zero-order valence-electron chi connectivity index (χ0n) is 18.0. The van der Waals surface area contributed by atoms with E-state index in [1.165, 1.54) is 4.31 Å². The van der Waals surface area contributed by atoms with Crippen LogP contribution in [0.15, 0.2) is 89.8 Å². The van der Waals surface area contributed by atoms with Gasteiger partial charge in [0, 0.05) is 31.9 Å². The molecule has 0 aliphatic carbocycles. The van der Waals surface area contributed by atoms with Gasteiger partial charge in [-0.3, -0.25) is 0 Å². The number of rotatable bonds is 5. The third-order valence-electron chi connectivity index (χ3n) is 5.92. The molecule has 6 nitrogen and oxygen atoms in total. The zero-order valence-corrected chi connectivity index (χ0v) is 18.8. The second kappa shape index (κ2) is 9.54. The van der Waals surface area contributed by atoms with Crippen LogP contribution in [0.4, 0.5) is 10.5 Å². The van der Waals surface area contributed by atoms with Gasteiger partial charge < -0.3 is 10.2 Å². The Labute approximate surface area is 189 Å². The van der Waals surface area contributed by atoms with E-state index in [-0.39, 0.29) is 12.1 Å². The number of nitrogens with zero attached hydrogens (tertiary/aromatic N) is 2. The van der Waals surface area contributed by atoms with Crippen molar-refractivity contribution in [2.45, 2.75) is 23.8 Å². The SMILES string of the molecule is CN(C(=O)Nc1ccc(-c2ccccc2)cc1)C1CCN(S(=O)(=O)c2ccccc2)CC1. The molecule has 1 heterocycles. The number of amides is 2. The molecular formula is C25H27N3O3S. The van der Waals surface area contributed by atoms with Crippen LogP contribution in [0.25, 0.3) is 11.1 Å². The van der Waals surface area contributed by atoms with Crippen LogP contribution in [0.2, 0.25) is 0 Å². The highest BCUT2D eigenvalue weighted by molar-refractivity contribution is 7.89. The summed E-state index contributed by atoms with van der Waals surface area (Å²) in [6, 6.07) is 26.1. The molecule has 1 N–H and O–H groups in total. The van der Waals surface area contributed by atoms with E-state index in [1.54, 1.807) is 42.3 Å². The number of benzene rings is 3. The summed E-state index contributed by atoms with van der Waals surface area (Å²) in [5.74, 6) is 0. The van der Waals surface area contributed by atoms with Crippen molar-refractivity contribution in [3.8, 4) is 11.1 Å². The molecule has 0 atom stereocenters. The number of hydrogen-bond donors (Lipinski definition) is 1. The van der Waals surface area contributed by atoms with Crippen molar-refractivity contribution in [1.82, 2.24) is 9.21 Å². The minimum atomic E-state index is -3.49. The Morgan fingerprint density at radius 1 is 0.844 bits per heavy atom. The van der Waals surface area contributed by atoms with Crippen LogP contribution in [0.1, 0.15) is 12.8 Å². The predicted molar refractivity (Wildman–Crippen MR) is 127 cm³/mol. The second-order valence-corrected chi connectivity index (χ2v) is 9.87. The largest absolute Gasteiger partial charge is 0.325 e. The van der Waals surface area contributed by atoms with Gasteiger partial charge in [0.05, 0.1) is 4.90 Å². The molecular weight excluding hydrogens is 422 g/mol. The number of carbonyl (C=O) groups is 1. The van der Waals surface area contributed by atoms with Crippen molar-refractivity contribution in [3.63, 3.8) is 0 Å². The van der Waals surface area contributed by atoms with Crippen LogP contribution >= 0.6 is 0 Å². The van der Waals surface area contributed by atoms with E-state index in [0.717, 1.165) is 16.8 Å². The summed E-state index contributed by atoms with van der Waals surface area (Å²) >= 11 is 0. The first-order valence-corrected chi connectivity index (χ1v) is 12.1. The number of anilines is 1. The smallest absolute Gasteiger partial charge is 0.321 e. The van der Waals surface area contributed by atoms with Gasteiger partial charge in [0.2, 0.25) is 10.0 Å². The normalized spacial score (nSPS) is 15.3. The summed E-state index contributed by atoms with van der Waals surface area (Å²) in [6.07, 6.45) is 1.20. The molecule has 166 valence electrons.